The minimum absolute atomic E-state index is 0.0310. The highest BCUT2D eigenvalue weighted by molar-refractivity contribution is 5.95. The molecule has 27 heavy (non-hydrogen) atoms. The molecular formula is C20H22F2N2O3. The number of nitrogens with one attached hydrogen (secondary N) is 1. The van der Waals surface area contributed by atoms with Crippen LogP contribution in [-0.2, 0) is 22.4 Å². The Morgan fingerprint density at radius 1 is 1.11 bits per heavy atom. The number of rotatable bonds is 8. The SMILES string of the molecule is CCc1ccccc1NC(=O)CN(C)C(=O)Cc1ccc(OC(F)F)cc1. The Balaban J connectivity index is 1.88. The van der Waals surface area contributed by atoms with Crippen molar-refractivity contribution in [3.05, 3.63) is 59.7 Å². The first-order chi connectivity index (χ1) is 12.9. The van der Waals surface area contributed by atoms with E-state index in [1.165, 1.54) is 17.0 Å². The quantitative estimate of drug-likeness (QED) is 0.767. The van der Waals surface area contributed by atoms with E-state index in [0.29, 0.717) is 5.56 Å². The van der Waals surface area contributed by atoms with Gasteiger partial charge >= 0.3 is 6.61 Å². The molecule has 0 heterocycles. The van der Waals surface area contributed by atoms with E-state index in [-0.39, 0.29) is 30.5 Å². The van der Waals surface area contributed by atoms with E-state index >= 15 is 0 Å². The van der Waals surface area contributed by atoms with Gasteiger partial charge in [-0.3, -0.25) is 9.59 Å². The third-order valence-corrected chi connectivity index (χ3v) is 3.98. The molecule has 144 valence electrons. The van der Waals surface area contributed by atoms with E-state index < -0.39 is 6.61 Å². The summed E-state index contributed by atoms with van der Waals surface area (Å²) < 4.78 is 28.6. The fraction of sp³-hybridized carbons (Fsp3) is 0.300. The molecule has 2 aromatic carbocycles. The number of hydrogen-bond donors (Lipinski definition) is 1. The second kappa shape index (κ2) is 9.66. The highest BCUT2D eigenvalue weighted by Gasteiger charge is 2.15. The maximum atomic E-state index is 12.3. The molecule has 2 amide bonds. The topological polar surface area (TPSA) is 58.6 Å². The number of carbonyl (C=O) groups is 2. The van der Waals surface area contributed by atoms with Crippen LogP contribution >= 0.6 is 0 Å². The number of carbonyl (C=O) groups excluding carboxylic acids is 2. The van der Waals surface area contributed by atoms with Gasteiger partial charge in [0.25, 0.3) is 0 Å². The molecule has 0 aliphatic carbocycles. The minimum atomic E-state index is -2.89. The number of ether oxygens (including phenoxy) is 1. The smallest absolute Gasteiger partial charge is 0.387 e. The molecule has 0 saturated heterocycles. The number of alkyl halides is 2. The van der Waals surface area contributed by atoms with E-state index in [4.69, 9.17) is 0 Å². The van der Waals surface area contributed by atoms with Crippen LogP contribution in [0.2, 0.25) is 0 Å². The molecule has 0 spiro atoms. The van der Waals surface area contributed by atoms with E-state index in [0.717, 1.165) is 17.7 Å². The Morgan fingerprint density at radius 2 is 1.78 bits per heavy atom. The number of anilines is 1. The summed E-state index contributed by atoms with van der Waals surface area (Å²) in [5.74, 6) is -0.507. The fourth-order valence-corrected chi connectivity index (χ4v) is 2.54. The third-order valence-electron chi connectivity index (χ3n) is 3.98. The van der Waals surface area contributed by atoms with Crippen molar-refractivity contribution in [2.75, 3.05) is 18.9 Å². The van der Waals surface area contributed by atoms with Gasteiger partial charge in [-0.2, -0.15) is 8.78 Å². The van der Waals surface area contributed by atoms with Crippen LogP contribution in [0.15, 0.2) is 48.5 Å². The molecule has 1 N–H and O–H groups in total. The standard InChI is InChI=1S/C20H22F2N2O3/c1-3-15-6-4-5-7-17(15)23-18(25)13-24(2)19(26)12-14-8-10-16(11-9-14)27-20(21)22/h4-11,20H,3,12-13H2,1-2H3,(H,23,25). The first kappa shape index (κ1) is 20.4. The highest BCUT2D eigenvalue weighted by Crippen LogP contribution is 2.16. The molecule has 0 aliphatic heterocycles. The molecule has 2 aromatic rings. The summed E-state index contributed by atoms with van der Waals surface area (Å²) in [5, 5.41) is 2.82. The molecule has 7 heteroatoms. The zero-order valence-corrected chi connectivity index (χ0v) is 15.2. The lowest BCUT2D eigenvalue weighted by Crippen LogP contribution is -2.35. The van der Waals surface area contributed by atoms with Crippen LogP contribution in [-0.4, -0.2) is 36.9 Å². The molecular weight excluding hydrogens is 354 g/mol. The molecule has 2 rings (SSSR count). The van der Waals surface area contributed by atoms with Crippen molar-refractivity contribution < 1.29 is 23.1 Å². The van der Waals surface area contributed by atoms with Crippen LogP contribution in [0.25, 0.3) is 0 Å². The molecule has 0 fully saturated rings. The molecule has 0 radical (unpaired) electrons. The number of nitrogens with zero attached hydrogens (tertiary/aromatic N) is 1. The van der Waals surface area contributed by atoms with Gasteiger partial charge < -0.3 is 15.0 Å². The maximum absolute atomic E-state index is 12.3. The number of aryl methyl sites for hydroxylation is 1. The average molecular weight is 376 g/mol. The van der Waals surface area contributed by atoms with Gasteiger partial charge in [0.15, 0.2) is 0 Å². The van der Waals surface area contributed by atoms with Crippen molar-refractivity contribution in [1.29, 1.82) is 0 Å². The van der Waals surface area contributed by atoms with Crippen molar-refractivity contribution in [3.8, 4) is 5.75 Å². The van der Waals surface area contributed by atoms with E-state index in [2.05, 4.69) is 10.1 Å². The first-order valence-electron chi connectivity index (χ1n) is 8.54. The predicted octanol–water partition coefficient (Wildman–Crippen LogP) is 3.49. The normalized spacial score (nSPS) is 10.6. The Bertz CT molecular complexity index is 779. The highest BCUT2D eigenvalue weighted by atomic mass is 19.3. The Hall–Kier alpha value is -2.96. The van der Waals surface area contributed by atoms with Crippen LogP contribution in [0.3, 0.4) is 0 Å². The zero-order valence-electron chi connectivity index (χ0n) is 15.2. The van der Waals surface area contributed by atoms with Gasteiger partial charge in [-0.05, 0) is 35.7 Å². The van der Waals surface area contributed by atoms with E-state index in [1.807, 2.05) is 31.2 Å². The summed E-state index contributed by atoms with van der Waals surface area (Å²) in [6.45, 7) is -0.971. The maximum Gasteiger partial charge on any atom is 0.387 e. The lowest BCUT2D eigenvalue weighted by atomic mass is 10.1. The van der Waals surface area contributed by atoms with Crippen molar-refractivity contribution in [2.24, 2.45) is 0 Å². The van der Waals surface area contributed by atoms with E-state index in [1.54, 1.807) is 19.2 Å². The summed E-state index contributed by atoms with van der Waals surface area (Å²) >= 11 is 0. The minimum Gasteiger partial charge on any atom is -0.435 e. The van der Waals surface area contributed by atoms with Crippen LogP contribution in [0, 0.1) is 0 Å². The number of amides is 2. The van der Waals surface area contributed by atoms with Crippen molar-refractivity contribution in [1.82, 2.24) is 4.90 Å². The van der Waals surface area contributed by atoms with Crippen LogP contribution in [0.4, 0.5) is 14.5 Å². The van der Waals surface area contributed by atoms with Crippen LogP contribution in [0.5, 0.6) is 5.75 Å². The van der Waals surface area contributed by atoms with Gasteiger partial charge in [0, 0.05) is 12.7 Å². The summed E-state index contributed by atoms with van der Waals surface area (Å²) in [5.41, 5.74) is 2.40. The largest absolute Gasteiger partial charge is 0.435 e. The lowest BCUT2D eigenvalue weighted by Gasteiger charge is -2.18. The second-order valence-corrected chi connectivity index (χ2v) is 6.01. The lowest BCUT2D eigenvalue weighted by molar-refractivity contribution is -0.132. The molecule has 5 nitrogen and oxygen atoms in total. The number of hydrogen-bond acceptors (Lipinski definition) is 3. The van der Waals surface area contributed by atoms with Gasteiger partial charge in [-0.25, -0.2) is 0 Å². The Labute approximate surface area is 156 Å². The van der Waals surface area contributed by atoms with Gasteiger partial charge in [0.2, 0.25) is 11.8 Å². The fourth-order valence-electron chi connectivity index (χ4n) is 2.54. The summed E-state index contributed by atoms with van der Waals surface area (Å²) in [7, 11) is 1.54. The molecule has 0 aromatic heterocycles. The van der Waals surface area contributed by atoms with Crippen molar-refractivity contribution in [3.63, 3.8) is 0 Å². The molecule has 0 unspecified atom stereocenters. The summed E-state index contributed by atoms with van der Waals surface area (Å²) in [6, 6.07) is 13.3. The summed E-state index contributed by atoms with van der Waals surface area (Å²) in [4.78, 5) is 25.8. The van der Waals surface area contributed by atoms with Crippen molar-refractivity contribution in [2.45, 2.75) is 26.4 Å². The number of likely N-dealkylation sites (N-methyl/N-ethyl adjacent to an activating group) is 1. The monoisotopic (exact) mass is 376 g/mol. The molecule has 0 aliphatic rings. The summed E-state index contributed by atoms with van der Waals surface area (Å²) in [6.07, 6.45) is 0.848. The van der Waals surface area contributed by atoms with Gasteiger partial charge in [-0.1, -0.05) is 37.3 Å². The number of halogens is 2. The third kappa shape index (κ3) is 6.36. The Kier molecular flexibility index (Phi) is 7.28. The molecule has 0 saturated carbocycles. The van der Waals surface area contributed by atoms with Crippen molar-refractivity contribution >= 4 is 17.5 Å². The van der Waals surface area contributed by atoms with Gasteiger partial charge in [-0.15, -0.1) is 0 Å². The number of benzene rings is 2. The van der Waals surface area contributed by atoms with Crippen LogP contribution < -0.4 is 10.1 Å². The van der Waals surface area contributed by atoms with Crippen LogP contribution in [0.1, 0.15) is 18.1 Å². The first-order valence-corrected chi connectivity index (χ1v) is 8.54. The van der Waals surface area contributed by atoms with E-state index in [9.17, 15) is 18.4 Å². The predicted molar refractivity (Wildman–Crippen MR) is 98.9 cm³/mol. The second-order valence-electron chi connectivity index (χ2n) is 6.01. The zero-order chi connectivity index (χ0) is 19.8. The Morgan fingerprint density at radius 3 is 2.41 bits per heavy atom. The molecule has 0 bridgehead atoms. The van der Waals surface area contributed by atoms with Gasteiger partial charge in [0.1, 0.15) is 5.75 Å². The number of para-hydroxylation sites is 1. The molecule has 0 atom stereocenters. The average Bonchev–Trinajstić information content (AvgIpc) is 2.63. The van der Waals surface area contributed by atoms with Gasteiger partial charge in [0.05, 0.1) is 13.0 Å².